The molecule has 1 aromatic carbocycles. The van der Waals surface area contributed by atoms with Crippen molar-refractivity contribution in [1.29, 1.82) is 0 Å². The van der Waals surface area contributed by atoms with Gasteiger partial charge in [-0.3, -0.25) is 0 Å². The second kappa shape index (κ2) is 6.26. The van der Waals surface area contributed by atoms with Gasteiger partial charge in [0.2, 0.25) is 5.95 Å². The highest BCUT2D eigenvalue weighted by molar-refractivity contribution is 5.92. The minimum atomic E-state index is -2.90. The summed E-state index contributed by atoms with van der Waals surface area (Å²) in [5.74, 6) is -0.0149. The van der Waals surface area contributed by atoms with E-state index in [1.807, 2.05) is 0 Å². The molecule has 0 saturated heterocycles. The van der Waals surface area contributed by atoms with Crippen LogP contribution in [-0.2, 0) is 9.53 Å². The SMILES string of the molecule is COC(=O)C1=C(C)Nc2ncnn2C1c1ccc(OC(F)F)cc1. The molecule has 1 N–H and O–H groups in total. The van der Waals surface area contributed by atoms with E-state index in [1.54, 1.807) is 19.1 Å². The Kier molecular flexibility index (Phi) is 4.15. The van der Waals surface area contributed by atoms with Crippen LogP contribution < -0.4 is 10.1 Å². The van der Waals surface area contributed by atoms with Gasteiger partial charge in [0.1, 0.15) is 18.1 Å². The largest absolute Gasteiger partial charge is 0.466 e. The standard InChI is InChI=1S/C15H14F2N4O3/c1-8-11(13(22)23-2)12(21-15(20-8)18-7-19-21)9-3-5-10(6-4-9)24-14(16)17/h3-7,12,14H,1-2H3,(H,18,19,20). The Hall–Kier alpha value is -2.97. The van der Waals surface area contributed by atoms with Crippen LogP contribution in [0.15, 0.2) is 41.9 Å². The zero-order valence-corrected chi connectivity index (χ0v) is 12.9. The fraction of sp³-hybridized carbons (Fsp3) is 0.267. The fourth-order valence-electron chi connectivity index (χ4n) is 2.60. The van der Waals surface area contributed by atoms with Gasteiger partial charge in [-0.05, 0) is 24.6 Å². The lowest BCUT2D eigenvalue weighted by Gasteiger charge is -2.27. The first kappa shape index (κ1) is 15.9. The number of methoxy groups -OCH3 is 1. The number of fused-ring (bicyclic) bond motifs is 1. The van der Waals surface area contributed by atoms with Crippen molar-refractivity contribution in [2.45, 2.75) is 19.6 Å². The number of benzene rings is 1. The number of aromatic nitrogens is 3. The molecule has 3 rings (SSSR count). The third-order valence-corrected chi connectivity index (χ3v) is 3.62. The summed E-state index contributed by atoms with van der Waals surface area (Å²) < 4.78 is 35.3. The molecule has 0 spiro atoms. The number of hydrogen-bond acceptors (Lipinski definition) is 6. The summed E-state index contributed by atoms with van der Waals surface area (Å²) >= 11 is 0. The van der Waals surface area contributed by atoms with Crippen LogP contribution in [0.3, 0.4) is 0 Å². The number of allylic oxidation sites excluding steroid dienone is 1. The van der Waals surface area contributed by atoms with Crippen LogP contribution in [0.1, 0.15) is 18.5 Å². The average molecular weight is 336 g/mol. The first-order chi connectivity index (χ1) is 11.5. The van der Waals surface area contributed by atoms with Crippen LogP contribution in [0.5, 0.6) is 5.75 Å². The molecule has 0 bridgehead atoms. The molecule has 1 aliphatic heterocycles. The highest BCUT2D eigenvalue weighted by Gasteiger charge is 2.33. The third-order valence-electron chi connectivity index (χ3n) is 3.62. The lowest BCUT2D eigenvalue weighted by Crippen LogP contribution is -2.29. The molecule has 9 heteroatoms. The normalized spacial score (nSPS) is 16.6. The van der Waals surface area contributed by atoms with Crippen molar-refractivity contribution >= 4 is 11.9 Å². The van der Waals surface area contributed by atoms with Crippen LogP contribution in [-0.4, -0.2) is 34.5 Å². The molecular formula is C15H14F2N4O3. The topological polar surface area (TPSA) is 78.3 Å². The number of halogens is 2. The van der Waals surface area contributed by atoms with E-state index in [0.29, 0.717) is 22.8 Å². The molecule has 0 amide bonds. The average Bonchev–Trinajstić information content (AvgIpc) is 3.01. The molecule has 0 aliphatic carbocycles. The predicted octanol–water partition coefficient (Wildman–Crippen LogP) is 2.34. The summed E-state index contributed by atoms with van der Waals surface area (Å²) in [6.07, 6.45) is 1.36. The van der Waals surface area contributed by atoms with Crippen LogP contribution in [0.2, 0.25) is 0 Å². The maximum absolute atomic E-state index is 12.3. The number of carbonyl (C=O) groups is 1. The molecule has 24 heavy (non-hydrogen) atoms. The number of nitrogens with zero attached hydrogens (tertiary/aromatic N) is 3. The first-order valence-electron chi connectivity index (χ1n) is 7.01. The van der Waals surface area contributed by atoms with Gasteiger partial charge in [0.25, 0.3) is 0 Å². The van der Waals surface area contributed by atoms with Gasteiger partial charge in [-0.2, -0.15) is 18.9 Å². The Balaban J connectivity index is 2.04. The van der Waals surface area contributed by atoms with Crippen molar-refractivity contribution in [3.63, 3.8) is 0 Å². The fourth-order valence-corrected chi connectivity index (χ4v) is 2.60. The molecule has 0 saturated carbocycles. The van der Waals surface area contributed by atoms with E-state index >= 15 is 0 Å². The quantitative estimate of drug-likeness (QED) is 0.864. The Morgan fingerprint density at radius 3 is 2.67 bits per heavy atom. The van der Waals surface area contributed by atoms with Gasteiger partial charge in [0.15, 0.2) is 0 Å². The second-order valence-electron chi connectivity index (χ2n) is 5.03. The minimum absolute atomic E-state index is 0.0295. The Bertz CT molecular complexity index is 786. The van der Waals surface area contributed by atoms with E-state index < -0.39 is 18.6 Å². The number of nitrogens with one attached hydrogen (secondary N) is 1. The molecule has 1 aliphatic rings. The van der Waals surface area contributed by atoms with E-state index in [1.165, 1.54) is 30.3 Å². The van der Waals surface area contributed by atoms with Gasteiger partial charge in [0, 0.05) is 5.70 Å². The Morgan fingerprint density at radius 2 is 2.04 bits per heavy atom. The zero-order chi connectivity index (χ0) is 17.3. The highest BCUT2D eigenvalue weighted by atomic mass is 19.3. The van der Waals surface area contributed by atoms with E-state index in [2.05, 4.69) is 20.1 Å². The smallest absolute Gasteiger partial charge is 0.387 e. The van der Waals surface area contributed by atoms with Crippen molar-refractivity contribution in [2.24, 2.45) is 0 Å². The van der Waals surface area contributed by atoms with Gasteiger partial charge in [-0.15, -0.1) is 0 Å². The van der Waals surface area contributed by atoms with Crippen LogP contribution in [0, 0.1) is 0 Å². The summed E-state index contributed by atoms with van der Waals surface area (Å²) in [7, 11) is 1.29. The summed E-state index contributed by atoms with van der Waals surface area (Å²) in [5.41, 5.74) is 1.60. The van der Waals surface area contributed by atoms with Gasteiger partial charge < -0.3 is 14.8 Å². The number of esters is 1. The Labute approximate surface area is 135 Å². The second-order valence-corrected chi connectivity index (χ2v) is 5.03. The predicted molar refractivity (Wildman–Crippen MR) is 79.6 cm³/mol. The summed E-state index contributed by atoms with van der Waals surface area (Å²) in [6.45, 7) is -1.17. The number of anilines is 1. The molecule has 1 unspecified atom stereocenters. The molecule has 0 radical (unpaired) electrons. The number of carbonyl (C=O) groups excluding carboxylic acids is 1. The van der Waals surface area contributed by atoms with E-state index in [0.717, 1.165) is 0 Å². The van der Waals surface area contributed by atoms with Crippen molar-refractivity contribution in [1.82, 2.24) is 14.8 Å². The minimum Gasteiger partial charge on any atom is -0.466 e. The van der Waals surface area contributed by atoms with Crippen molar-refractivity contribution in [3.8, 4) is 5.75 Å². The number of ether oxygens (including phenoxy) is 2. The summed E-state index contributed by atoms with van der Waals surface area (Å²) in [4.78, 5) is 16.3. The van der Waals surface area contributed by atoms with E-state index in [9.17, 15) is 13.6 Å². The number of rotatable bonds is 4. The van der Waals surface area contributed by atoms with Gasteiger partial charge in [-0.1, -0.05) is 12.1 Å². The van der Waals surface area contributed by atoms with Crippen molar-refractivity contribution in [3.05, 3.63) is 47.4 Å². The molecular weight excluding hydrogens is 322 g/mol. The number of alkyl halides is 2. The summed E-state index contributed by atoms with van der Waals surface area (Å²) in [6, 6.07) is 5.41. The maximum Gasteiger partial charge on any atom is 0.387 e. The van der Waals surface area contributed by atoms with Gasteiger partial charge in [0.05, 0.1) is 12.7 Å². The molecule has 1 aromatic heterocycles. The van der Waals surface area contributed by atoms with Crippen LogP contribution in [0.25, 0.3) is 0 Å². The maximum atomic E-state index is 12.3. The molecule has 7 nitrogen and oxygen atoms in total. The molecule has 1 atom stereocenters. The molecule has 2 aromatic rings. The monoisotopic (exact) mass is 336 g/mol. The lowest BCUT2D eigenvalue weighted by atomic mass is 9.96. The third kappa shape index (κ3) is 2.80. The number of hydrogen-bond donors (Lipinski definition) is 1. The summed E-state index contributed by atoms with van der Waals surface area (Å²) in [5, 5.41) is 7.12. The van der Waals surface area contributed by atoms with E-state index in [-0.39, 0.29) is 5.75 Å². The van der Waals surface area contributed by atoms with Crippen molar-refractivity contribution in [2.75, 3.05) is 12.4 Å². The molecule has 0 fully saturated rings. The van der Waals surface area contributed by atoms with Crippen molar-refractivity contribution < 1.29 is 23.0 Å². The first-order valence-corrected chi connectivity index (χ1v) is 7.01. The van der Waals surface area contributed by atoms with Gasteiger partial charge >= 0.3 is 12.6 Å². The van der Waals surface area contributed by atoms with Crippen LogP contribution in [0.4, 0.5) is 14.7 Å². The Morgan fingerprint density at radius 1 is 1.33 bits per heavy atom. The van der Waals surface area contributed by atoms with Crippen LogP contribution >= 0.6 is 0 Å². The lowest BCUT2D eigenvalue weighted by molar-refractivity contribution is -0.136. The molecule has 126 valence electrons. The molecule has 2 heterocycles. The van der Waals surface area contributed by atoms with Gasteiger partial charge in [-0.25, -0.2) is 9.48 Å². The highest BCUT2D eigenvalue weighted by Crippen LogP contribution is 2.35. The zero-order valence-electron chi connectivity index (χ0n) is 12.9. The van der Waals surface area contributed by atoms with E-state index in [4.69, 9.17) is 4.74 Å².